The van der Waals surface area contributed by atoms with Crippen LogP contribution in [-0.2, 0) is 0 Å². The molecule has 0 spiro atoms. The third kappa shape index (κ3) is 3.05. The fourth-order valence-electron chi connectivity index (χ4n) is 3.23. The van der Waals surface area contributed by atoms with Gasteiger partial charge >= 0.3 is 0 Å². The van der Waals surface area contributed by atoms with Gasteiger partial charge in [0.15, 0.2) is 0 Å². The number of nitrogens with zero attached hydrogens (tertiary/aromatic N) is 3. The van der Waals surface area contributed by atoms with E-state index >= 15 is 0 Å². The zero-order valence-corrected chi connectivity index (χ0v) is 13.8. The summed E-state index contributed by atoms with van der Waals surface area (Å²) in [5, 5.41) is 11.3. The van der Waals surface area contributed by atoms with Gasteiger partial charge in [-0.1, -0.05) is 31.5 Å². The van der Waals surface area contributed by atoms with E-state index in [4.69, 9.17) is 0 Å². The summed E-state index contributed by atoms with van der Waals surface area (Å²) in [6, 6.07) is 10.5. The van der Waals surface area contributed by atoms with Crippen molar-refractivity contribution < 1.29 is 0 Å². The van der Waals surface area contributed by atoms with Crippen LogP contribution in [0.1, 0.15) is 31.7 Å². The molecule has 2 aromatic rings. The van der Waals surface area contributed by atoms with Crippen LogP contribution in [0.2, 0.25) is 0 Å². The number of aromatic nitrogens is 1. The van der Waals surface area contributed by atoms with Gasteiger partial charge in [0.05, 0.1) is 16.8 Å². The Kier molecular flexibility index (Phi) is 4.84. The van der Waals surface area contributed by atoms with Crippen LogP contribution in [0.5, 0.6) is 0 Å². The van der Waals surface area contributed by atoms with E-state index in [0.29, 0.717) is 10.8 Å². The normalized spacial score (nSPS) is 18.9. The molecule has 4 heteroatoms. The van der Waals surface area contributed by atoms with E-state index < -0.39 is 0 Å². The van der Waals surface area contributed by atoms with E-state index in [1.165, 1.54) is 19.3 Å². The zero-order chi connectivity index (χ0) is 15.4. The van der Waals surface area contributed by atoms with Crippen LogP contribution in [0.4, 0.5) is 5.69 Å². The SMILES string of the molecule is CCSC1CCCCN(c2c(C#N)cnc3ccccc23)C1. The van der Waals surface area contributed by atoms with E-state index in [9.17, 15) is 5.26 Å². The molecule has 0 bridgehead atoms. The Balaban J connectivity index is 2.05. The van der Waals surface area contributed by atoms with E-state index in [1.807, 2.05) is 30.0 Å². The zero-order valence-electron chi connectivity index (χ0n) is 13.0. The first-order valence-corrected chi connectivity index (χ1v) is 9.02. The molecule has 0 saturated carbocycles. The second-order valence-electron chi connectivity index (χ2n) is 5.67. The van der Waals surface area contributed by atoms with E-state index in [-0.39, 0.29) is 0 Å². The average Bonchev–Trinajstić information content (AvgIpc) is 2.79. The number of hydrogen-bond donors (Lipinski definition) is 0. The van der Waals surface area contributed by atoms with Gasteiger partial charge < -0.3 is 4.90 Å². The predicted octanol–water partition coefficient (Wildman–Crippen LogP) is 4.22. The lowest BCUT2D eigenvalue weighted by Crippen LogP contribution is -2.30. The van der Waals surface area contributed by atoms with Crippen LogP contribution in [-0.4, -0.2) is 29.1 Å². The maximum absolute atomic E-state index is 9.53. The molecule has 3 nitrogen and oxygen atoms in total. The van der Waals surface area contributed by atoms with Gasteiger partial charge in [-0.25, -0.2) is 0 Å². The Morgan fingerprint density at radius 1 is 1.36 bits per heavy atom. The van der Waals surface area contributed by atoms with Gasteiger partial charge in [-0.3, -0.25) is 4.98 Å². The molecule has 1 fully saturated rings. The molecule has 1 saturated heterocycles. The van der Waals surface area contributed by atoms with Crippen LogP contribution in [0, 0.1) is 11.3 Å². The van der Waals surface area contributed by atoms with Gasteiger partial charge in [-0.15, -0.1) is 0 Å². The van der Waals surface area contributed by atoms with Gasteiger partial charge in [0.1, 0.15) is 6.07 Å². The average molecular weight is 311 g/mol. The van der Waals surface area contributed by atoms with Gasteiger partial charge in [0.25, 0.3) is 0 Å². The van der Waals surface area contributed by atoms with Crippen molar-refractivity contribution in [2.45, 2.75) is 31.4 Å². The number of fused-ring (bicyclic) bond motifs is 1. The standard InChI is InChI=1S/C18H21N3S/c1-2-22-15-7-5-6-10-21(13-15)18-14(11-19)12-20-17-9-4-3-8-16(17)18/h3-4,8-9,12,15H,2,5-7,10,13H2,1H3. The van der Waals surface area contributed by atoms with Crippen molar-refractivity contribution in [1.82, 2.24) is 4.98 Å². The summed E-state index contributed by atoms with van der Waals surface area (Å²) in [7, 11) is 0. The van der Waals surface area contributed by atoms with Crippen molar-refractivity contribution in [3.8, 4) is 6.07 Å². The summed E-state index contributed by atoms with van der Waals surface area (Å²) in [6.07, 6.45) is 5.48. The number of benzene rings is 1. The Morgan fingerprint density at radius 3 is 3.05 bits per heavy atom. The maximum Gasteiger partial charge on any atom is 0.103 e. The molecule has 3 rings (SSSR count). The fraction of sp³-hybridized carbons (Fsp3) is 0.444. The van der Waals surface area contributed by atoms with Crippen LogP contribution < -0.4 is 4.90 Å². The number of pyridine rings is 1. The van der Waals surface area contributed by atoms with E-state index in [2.05, 4.69) is 28.9 Å². The van der Waals surface area contributed by atoms with Gasteiger partial charge in [0.2, 0.25) is 0 Å². The lowest BCUT2D eigenvalue weighted by molar-refractivity contribution is 0.736. The molecule has 2 heterocycles. The number of hydrogen-bond acceptors (Lipinski definition) is 4. The molecular formula is C18H21N3S. The molecule has 0 N–H and O–H groups in total. The summed E-state index contributed by atoms with van der Waals surface area (Å²) >= 11 is 2.04. The quantitative estimate of drug-likeness (QED) is 0.851. The first-order chi connectivity index (χ1) is 10.8. The first kappa shape index (κ1) is 15.2. The second kappa shape index (κ2) is 7.02. The summed E-state index contributed by atoms with van der Waals surface area (Å²) in [6.45, 7) is 4.28. The van der Waals surface area contributed by atoms with E-state index in [0.717, 1.165) is 35.4 Å². The largest absolute Gasteiger partial charge is 0.369 e. The Hall–Kier alpha value is -1.73. The molecular weight excluding hydrogens is 290 g/mol. The minimum absolute atomic E-state index is 0.658. The summed E-state index contributed by atoms with van der Waals surface area (Å²) in [4.78, 5) is 6.85. The second-order valence-corrected chi connectivity index (χ2v) is 7.25. The molecule has 0 radical (unpaired) electrons. The number of thioether (sulfide) groups is 1. The fourth-order valence-corrected chi connectivity index (χ4v) is 4.32. The van der Waals surface area contributed by atoms with E-state index in [1.54, 1.807) is 6.20 Å². The lowest BCUT2D eigenvalue weighted by Gasteiger charge is -2.28. The molecule has 114 valence electrons. The highest BCUT2D eigenvalue weighted by Gasteiger charge is 2.22. The molecule has 1 aliphatic rings. The molecule has 1 aliphatic heterocycles. The number of para-hydroxylation sites is 1. The minimum atomic E-state index is 0.658. The first-order valence-electron chi connectivity index (χ1n) is 7.98. The highest BCUT2D eigenvalue weighted by atomic mass is 32.2. The predicted molar refractivity (Wildman–Crippen MR) is 94.4 cm³/mol. The highest BCUT2D eigenvalue weighted by molar-refractivity contribution is 7.99. The van der Waals surface area contributed by atoms with Crippen LogP contribution in [0.3, 0.4) is 0 Å². The van der Waals surface area contributed by atoms with Crippen molar-refractivity contribution in [3.63, 3.8) is 0 Å². The Labute approximate surface area is 136 Å². The van der Waals surface area contributed by atoms with Crippen molar-refractivity contribution in [2.24, 2.45) is 0 Å². The lowest BCUT2D eigenvalue weighted by atomic mass is 10.1. The van der Waals surface area contributed by atoms with Crippen LogP contribution >= 0.6 is 11.8 Å². The van der Waals surface area contributed by atoms with Gasteiger partial charge in [-0.2, -0.15) is 17.0 Å². The molecule has 0 aliphatic carbocycles. The molecule has 0 amide bonds. The van der Waals surface area contributed by atoms with Crippen molar-refractivity contribution in [1.29, 1.82) is 5.26 Å². The summed E-state index contributed by atoms with van der Waals surface area (Å²) in [5.41, 5.74) is 2.75. The van der Waals surface area contributed by atoms with Crippen LogP contribution in [0.15, 0.2) is 30.5 Å². The number of nitriles is 1. The topological polar surface area (TPSA) is 39.9 Å². The Morgan fingerprint density at radius 2 is 2.23 bits per heavy atom. The monoisotopic (exact) mass is 311 g/mol. The number of anilines is 1. The van der Waals surface area contributed by atoms with Crippen molar-refractivity contribution in [3.05, 3.63) is 36.0 Å². The van der Waals surface area contributed by atoms with Crippen molar-refractivity contribution >= 4 is 28.4 Å². The molecule has 1 aromatic carbocycles. The third-order valence-corrected chi connectivity index (χ3v) is 5.40. The Bertz CT molecular complexity index is 692. The minimum Gasteiger partial charge on any atom is -0.369 e. The molecule has 1 atom stereocenters. The highest BCUT2D eigenvalue weighted by Crippen LogP contribution is 2.32. The van der Waals surface area contributed by atoms with Gasteiger partial charge in [0, 0.05) is 29.9 Å². The molecule has 1 unspecified atom stereocenters. The molecule has 22 heavy (non-hydrogen) atoms. The maximum atomic E-state index is 9.53. The molecule has 1 aromatic heterocycles. The summed E-state index contributed by atoms with van der Waals surface area (Å²) < 4.78 is 0. The van der Waals surface area contributed by atoms with Gasteiger partial charge in [-0.05, 0) is 24.7 Å². The smallest absolute Gasteiger partial charge is 0.103 e. The summed E-state index contributed by atoms with van der Waals surface area (Å²) in [5.74, 6) is 1.15. The third-order valence-electron chi connectivity index (χ3n) is 4.21. The number of rotatable bonds is 3. The van der Waals surface area contributed by atoms with Crippen molar-refractivity contribution in [2.75, 3.05) is 23.7 Å². The van der Waals surface area contributed by atoms with Crippen LogP contribution in [0.25, 0.3) is 10.9 Å².